The number of oxazole rings is 1. The molecule has 3 rings (SSSR count). The minimum atomic E-state index is -0.923. The van der Waals surface area contributed by atoms with Gasteiger partial charge in [-0.05, 0) is 31.5 Å². The van der Waals surface area contributed by atoms with Crippen LogP contribution >= 0.6 is 0 Å². The fraction of sp³-hybridized carbons (Fsp3) is 0.111. The highest BCUT2D eigenvalue weighted by Crippen LogP contribution is 2.15. The van der Waals surface area contributed by atoms with Gasteiger partial charge in [-0.3, -0.25) is 0 Å². The van der Waals surface area contributed by atoms with Crippen molar-refractivity contribution in [3.63, 3.8) is 0 Å². The van der Waals surface area contributed by atoms with Gasteiger partial charge in [-0.25, -0.2) is 9.78 Å². The molecular formula is C18H18N2O3. The van der Waals surface area contributed by atoms with E-state index in [2.05, 4.69) is 16.5 Å². The van der Waals surface area contributed by atoms with Crippen LogP contribution in [0.15, 0.2) is 53.9 Å². The maximum absolute atomic E-state index is 10.7. The van der Waals surface area contributed by atoms with Crippen LogP contribution in [0.1, 0.15) is 27.2 Å². The molecule has 2 N–H and O–H groups in total. The Morgan fingerprint density at radius 1 is 1.39 bits per heavy atom. The van der Waals surface area contributed by atoms with Crippen molar-refractivity contribution in [2.24, 2.45) is 0 Å². The number of fused-ring (bicyclic) bond motifs is 1. The first kappa shape index (κ1) is 16.3. The van der Waals surface area contributed by atoms with E-state index in [4.69, 9.17) is 9.52 Å². The molecule has 0 aliphatic carbocycles. The summed E-state index contributed by atoms with van der Waals surface area (Å²) >= 11 is 0. The third-order valence-electron chi connectivity index (χ3n) is 3.24. The van der Waals surface area contributed by atoms with E-state index in [1.165, 1.54) is 18.2 Å². The highest BCUT2D eigenvalue weighted by atomic mass is 16.4. The Hall–Kier alpha value is -3.08. The number of benzene rings is 1. The summed E-state index contributed by atoms with van der Waals surface area (Å²) < 4.78 is 5.09. The average molecular weight is 310 g/mol. The molecule has 0 amide bonds. The number of allylic oxidation sites excluding steroid dienone is 2. The minimum absolute atomic E-state index is 0.288. The van der Waals surface area contributed by atoms with Crippen LogP contribution in [0.25, 0.3) is 17.2 Å². The summed E-state index contributed by atoms with van der Waals surface area (Å²) in [5, 5.41) is 8.80. The lowest BCUT2D eigenvalue weighted by atomic mass is 10.1. The smallest absolute Gasteiger partial charge is 0.337 e. The van der Waals surface area contributed by atoms with Crippen molar-refractivity contribution in [1.29, 1.82) is 0 Å². The second kappa shape index (κ2) is 7.26. The van der Waals surface area contributed by atoms with Crippen molar-refractivity contribution in [1.82, 2.24) is 9.97 Å². The van der Waals surface area contributed by atoms with Gasteiger partial charge in [0.2, 0.25) is 0 Å². The van der Waals surface area contributed by atoms with Gasteiger partial charge in [0.05, 0.1) is 5.56 Å². The molecule has 118 valence electrons. The zero-order valence-corrected chi connectivity index (χ0v) is 13.0. The van der Waals surface area contributed by atoms with Gasteiger partial charge in [0, 0.05) is 17.5 Å². The van der Waals surface area contributed by atoms with Crippen molar-refractivity contribution in [3.8, 4) is 0 Å². The van der Waals surface area contributed by atoms with Crippen molar-refractivity contribution in [2.75, 3.05) is 0 Å². The number of hydrogen-bond donors (Lipinski definition) is 2. The van der Waals surface area contributed by atoms with Gasteiger partial charge in [-0.2, -0.15) is 0 Å². The Balaban J connectivity index is 0.000000172. The monoisotopic (exact) mass is 310 g/mol. The number of H-pyrrole nitrogens is 1. The summed E-state index contributed by atoms with van der Waals surface area (Å²) in [5.74, 6) is -0.923. The van der Waals surface area contributed by atoms with Crippen LogP contribution in [-0.4, -0.2) is 21.0 Å². The summed E-state index contributed by atoms with van der Waals surface area (Å²) in [6.07, 6.45) is 7.99. The fourth-order valence-corrected chi connectivity index (χ4v) is 2.06. The van der Waals surface area contributed by atoms with E-state index in [1.807, 2.05) is 32.0 Å². The molecule has 0 saturated heterocycles. The Morgan fingerprint density at radius 2 is 2.17 bits per heavy atom. The van der Waals surface area contributed by atoms with E-state index in [9.17, 15) is 4.79 Å². The molecule has 5 nitrogen and oxygen atoms in total. The molecule has 0 saturated carbocycles. The van der Waals surface area contributed by atoms with Crippen molar-refractivity contribution in [2.45, 2.75) is 13.8 Å². The molecule has 2 heterocycles. The standard InChI is InChI=1S/C10H11NO2.C8H7NO/c1-3-4-5-8-7(2)11-6-9(8)10(12)13;1-6-2-3-7-8(4-6)10-5-9-7/h3-6,11H,1H2,2H3,(H,12,13);2-5H,1H3/b5-4-;. The number of aryl methyl sites for hydroxylation is 2. The number of nitrogens with one attached hydrogen (secondary N) is 1. The number of carboxylic acid groups (broad SMARTS) is 1. The Kier molecular flexibility index (Phi) is 5.15. The molecule has 2 aromatic heterocycles. The lowest BCUT2D eigenvalue weighted by Gasteiger charge is -1.93. The Morgan fingerprint density at radius 3 is 2.87 bits per heavy atom. The summed E-state index contributed by atoms with van der Waals surface area (Å²) in [7, 11) is 0. The third kappa shape index (κ3) is 3.97. The van der Waals surface area contributed by atoms with Crippen molar-refractivity contribution >= 4 is 23.1 Å². The van der Waals surface area contributed by atoms with E-state index in [-0.39, 0.29) is 5.56 Å². The summed E-state index contributed by atoms with van der Waals surface area (Å²) in [5.41, 5.74) is 4.81. The van der Waals surface area contributed by atoms with Gasteiger partial charge >= 0.3 is 5.97 Å². The molecule has 0 spiro atoms. The van der Waals surface area contributed by atoms with Crippen LogP contribution in [0.3, 0.4) is 0 Å². The van der Waals surface area contributed by atoms with Crippen molar-refractivity contribution < 1.29 is 14.3 Å². The number of nitrogens with zero attached hydrogens (tertiary/aromatic N) is 1. The predicted molar refractivity (Wildman–Crippen MR) is 90.5 cm³/mol. The van der Waals surface area contributed by atoms with E-state index in [1.54, 1.807) is 18.2 Å². The van der Waals surface area contributed by atoms with E-state index in [0.717, 1.165) is 16.8 Å². The van der Waals surface area contributed by atoms with Crippen LogP contribution < -0.4 is 0 Å². The SMILES string of the molecule is C=C/C=C\c1c(C(=O)O)c[nH]c1C.Cc1ccc2ncoc2c1. The topological polar surface area (TPSA) is 79.1 Å². The van der Waals surface area contributed by atoms with E-state index >= 15 is 0 Å². The predicted octanol–water partition coefficient (Wildman–Crippen LogP) is 4.36. The number of aromatic carboxylic acids is 1. The maximum atomic E-state index is 10.7. The molecule has 5 heteroatoms. The number of rotatable bonds is 3. The molecule has 3 aromatic rings. The second-order valence-electron chi connectivity index (χ2n) is 4.96. The second-order valence-corrected chi connectivity index (χ2v) is 4.96. The molecule has 0 bridgehead atoms. The highest BCUT2D eigenvalue weighted by molar-refractivity contribution is 5.92. The number of hydrogen-bond acceptors (Lipinski definition) is 3. The third-order valence-corrected chi connectivity index (χ3v) is 3.24. The quantitative estimate of drug-likeness (QED) is 0.705. The molecule has 23 heavy (non-hydrogen) atoms. The Labute approximate surface area is 134 Å². The zero-order valence-electron chi connectivity index (χ0n) is 13.0. The minimum Gasteiger partial charge on any atom is -0.478 e. The number of carbonyl (C=O) groups is 1. The molecule has 0 fully saturated rings. The van der Waals surface area contributed by atoms with Crippen molar-refractivity contribution in [3.05, 3.63) is 71.9 Å². The molecule has 0 aliphatic heterocycles. The molecule has 1 aromatic carbocycles. The van der Waals surface area contributed by atoms with Gasteiger partial charge in [0.15, 0.2) is 12.0 Å². The summed E-state index contributed by atoms with van der Waals surface area (Å²) in [6, 6.07) is 5.95. The maximum Gasteiger partial charge on any atom is 0.337 e. The first-order chi connectivity index (χ1) is 11.0. The number of aromatic amines is 1. The van der Waals surface area contributed by atoms with Gasteiger partial charge in [-0.15, -0.1) is 0 Å². The lowest BCUT2D eigenvalue weighted by molar-refractivity contribution is 0.0697. The first-order valence-corrected chi connectivity index (χ1v) is 7.03. The molecule has 0 unspecified atom stereocenters. The Bertz CT molecular complexity index is 856. The zero-order chi connectivity index (χ0) is 16.8. The fourth-order valence-electron chi connectivity index (χ4n) is 2.06. The van der Waals surface area contributed by atoms with E-state index in [0.29, 0.717) is 5.56 Å². The van der Waals surface area contributed by atoms with Crippen LogP contribution in [0.2, 0.25) is 0 Å². The van der Waals surface area contributed by atoms with Crippen LogP contribution in [0.4, 0.5) is 0 Å². The van der Waals surface area contributed by atoms with Crippen LogP contribution in [0, 0.1) is 13.8 Å². The molecule has 0 atom stereocenters. The van der Waals surface area contributed by atoms with Gasteiger partial charge in [0.25, 0.3) is 0 Å². The van der Waals surface area contributed by atoms with Crippen LogP contribution in [-0.2, 0) is 0 Å². The first-order valence-electron chi connectivity index (χ1n) is 7.03. The van der Waals surface area contributed by atoms with Gasteiger partial charge < -0.3 is 14.5 Å². The number of carboxylic acids is 1. The number of aromatic nitrogens is 2. The molecule has 0 radical (unpaired) electrons. The summed E-state index contributed by atoms with van der Waals surface area (Å²) in [4.78, 5) is 17.6. The largest absolute Gasteiger partial charge is 0.478 e. The molecular weight excluding hydrogens is 292 g/mol. The lowest BCUT2D eigenvalue weighted by Crippen LogP contribution is -1.95. The van der Waals surface area contributed by atoms with Gasteiger partial charge in [0.1, 0.15) is 5.52 Å². The highest BCUT2D eigenvalue weighted by Gasteiger charge is 2.10. The van der Waals surface area contributed by atoms with E-state index < -0.39 is 5.97 Å². The average Bonchev–Trinajstić information content (AvgIpc) is 3.11. The molecule has 0 aliphatic rings. The normalized spacial score (nSPS) is 10.5. The summed E-state index contributed by atoms with van der Waals surface area (Å²) in [6.45, 7) is 7.38. The van der Waals surface area contributed by atoms with Gasteiger partial charge in [-0.1, -0.05) is 30.9 Å². The van der Waals surface area contributed by atoms with Crippen LogP contribution in [0.5, 0.6) is 0 Å².